The Labute approximate surface area is 150 Å². The quantitative estimate of drug-likeness (QED) is 0.762. The number of hydrogen-bond acceptors (Lipinski definition) is 3. The third-order valence-electron chi connectivity index (χ3n) is 3.90. The molecule has 2 aromatic carbocycles. The number of aryl methyl sites for hydroxylation is 2. The molecule has 5 nitrogen and oxygen atoms in total. The Balaban J connectivity index is 1.84. The van der Waals surface area contributed by atoms with Crippen molar-refractivity contribution in [1.82, 2.24) is 10.6 Å². The molecule has 3 N–H and O–H groups in total. The fourth-order valence-electron chi connectivity index (χ4n) is 2.42. The lowest BCUT2D eigenvalue weighted by Crippen LogP contribution is -2.40. The zero-order chi connectivity index (χ0) is 19.3. The van der Waals surface area contributed by atoms with Gasteiger partial charge in [-0.05, 0) is 50.1 Å². The first-order valence-corrected chi connectivity index (χ1v) is 8.12. The Hall–Kier alpha value is -2.80. The fraction of sp³-hybridized carbons (Fsp3) is 0.263. The highest BCUT2D eigenvalue weighted by molar-refractivity contribution is 6.02. The van der Waals surface area contributed by atoms with E-state index in [9.17, 15) is 18.4 Å². The van der Waals surface area contributed by atoms with Gasteiger partial charge in [-0.2, -0.15) is 0 Å². The first-order chi connectivity index (χ1) is 12.3. The highest BCUT2D eigenvalue weighted by atomic mass is 19.2. The van der Waals surface area contributed by atoms with Crippen LogP contribution in [0.4, 0.5) is 19.3 Å². The standard InChI is InChI=1S/C19H21F2N3O2/c1-11-4-7-17(12(2)8-11)23-19(26)24-18(25)10-22-13(3)14-5-6-15(20)16(21)9-14/h4-9,13,22H,10H2,1-3H3,(H2,23,24,25,26)/t13-/m1/s1. The number of carbonyl (C=O) groups is 2. The van der Waals surface area contributed by atoms with Gasteiger partial charge in [0.2, 0.25) is 5.91 Å². The van der Waals surface area contributed by atoms with Crippen LogP contribution in [0.5, 0.6) is 0 Å². The minimum atomic E-state index is -0.951. The van der Waals surface area contributed by atoms with Gasteiger partial charge in [0.05, 0.1) is 6.54 Å². The summed E-state index contributed by atoms with van der Waals surface area (Å²) in [5, 5.41) is 7.68. The van der Waals surface area contributed by atoms with Gasteiger partial charge in [-0.1, -0.05) is 23.8 Å². The second kappa shape index (κ2) is 8.53. The van der Waals surface area contributed by atoms with E-state index in [0.29, 0.717) is 11.3 Å². The van der Waals surface area contributed by atoms with E-state index in [1.807, 2.05) is 26.0 Å². The van der Waals surface area contributed by atoms with E-state index in [2.05, 4.69) is 16.0 Å². The van der Waals surface area contributed by atoms with E-state index in [1.54, 1.807) is 13.0 Å². The average molecular weight is 361 g/mol. The molecule has 0 spiro atoms. The number of anilines is 1. The molecule has 0 fully saturated rings. The molecule has 0 heterocycles. The summed E-state index contributed by atoms with van der Waals surface area (Å²) >= 11 is 0. The van der Waals surface area contributed by atoms with Crippen LogP contribution in [0.2, 0.25) is 0 Å². The smallest absolute Gasteiger partial charge is 0.307 e. The van der Waals surface area contributed by atoms with E-state index in [1.165, 1.54) is 6.07 Å². The lowest BCUT2D eigenvalue weighted by Gasteiger charge is -2.14. The molecule has 0 saturated carbocycles. The van der Waals surface area contributed by atoms with Crippen molar-refractivity contribution in [3.63, 3.8) is 0 Å². The van der Waals surface area contributed by atoms with E-state index in [-0.39, 0.29) is 6.54 Å². The summed E-state index contributed by atoms with van der Waals surface area (Å²) in [7, 11) is 0. The highest BCUT2D eigenvalue weighted by Crippen LogP contribution is 2.16. The van der Waals surface area contributed by atoms with Crippen LogP contribution in [-0.4, -0.2) is 18.5 Å². The second-order valence-electron chi connectivity index (χ2n) is 6.10. The Morgan fingerprint density at radius 2 is 1.77 bits per heavy atom. The zero-order valence-corrected chi connectivity index (χ0v) is 14.8. The van der Waals surface area contributed by atoms with E-state index in [4.69, 9.17) is 0 Å². The first-order valence-electron chi connectivity index (χ1n) is 8.12. The Bertz CT molecular complexity index is 824. The van der Waals surface area contributed by atoms with Gasteiger partial charge in [0.25, 0.3) is 0 Å². The van der Waals surface area contributed by atoms with Crippen molar-refractivity contribution in [2.45, 2.75) is 26.8 Å². The van der Waals surface area contributed by atoms with Crippen LogP contribution >= 0.6 is 0 Å². The molecule has 0 saturated heterocycles. The molecule has 26 heavy (non-hydrogen) atoms. The number of rotatable bonds is 5. The third kappa shape index (κ3) is 5.35. The van der Waals surface area contributed by atoms with Crippen LogP contribution in [0.25, 0.3) is 0 Å². The predicted octanol–water partition coefficient (Wildman–Crippen LogP) is 3.58. The van der Waals surface area contributed by atoms with Crippen LogP contribution in [0.3, 0.4) is 0 Å². The first kappa shape index (κ1) is 19.5. The number of nitrogens with one attached hydrogen (secondary N) is 3. The minimum absolute atomic E-state index is 0.152. The SMILES string of the molecule is Cc1ccc(NC(=O)NC(=O)CN[C@H](C)c2ccc(F)c(F)c2)c(C)c1. The number of urea groups is 1. The maximum absolute atomic E-state index is 13.2. The topological polar surface area (TPSA) is 70.2 Å². The molecule has 3 amide bonds. The van der Waals surface area contributed by atoms with Gasteiger partial charge in [-0.3, -0.25) is 10.1 Å². The summed E-state index contributed by atoms with van der Waals surface area (Å²) in [6.45, 7) is 5.35. The highest BCUT2D eigenvalue weighted by Gasteiger charge is 2.13. The van der Waals surface area contributed by atoms with Gasteiger partial charge in [0, 0.05) is 11.7 Å². The largest absolute Gasteiger partial charge is 0.325 e. The molecule has 138 valence electrons. The molecule has 0 aliphatic carbocycles. The normalized spacial score (nSPS) is 11.7. The average Bonchev–Trinajstić information content (AvgIpc) is 2.57. The van der Waals surface area contributed by atoms with Gasteiger partial charge in [0.1, 0.15) is 0 Å². The molecule has 7 heteroatoms. The van der Waals surface area contributed by atoms with Crippen LogP contribution < -0.4 is 16.0 Å². The van der Waals surface area contributed by atoms with E-state index in [0.717, 1.165) is 23.3 Å². The van der Waals surface area contributed by atoms with Crippen LogP contribution in [0, 0.1) is 25.5 Å². The Morgan fingerprint density at radius 3 is 2.42 bits per heavy atom. The van der Waals surface area contributed by atoms with Crippen molar-refractivity contribution in [2.24, 2.45) is 0 Å². The molecule has 2 rings (SSSR count). The molecular formula is C19H21F2N3O2. The van der Waals surface area contributed by atoms with Crippen molar-refractivity contribution < 1.29 is 18.4 Å². The van der Waals surface area contributed by atoms with Gasteiger partial charge in [-0.15, -0.1) is 0 Å². The zero-order valence-electron chi connectivity index (χ0n) is 14.8. The van der Waals surface area contributed by atoms with Crippen molar-refractivity contribution in [2.75, 3.05) is 11.9 Å². The Kier molecular flexibility index (Phi) is 6.41. The number of halogens is 2. The van der Waals surface area contributed by atoms with Crippen LogP contribution in [0.1, 0.15) is 29.7 Å². The molecule has 0 bridgehead atoms. The van der Waals surface area contributed by atoms with Gasteiger partial charge in [0.15, 0.2) is 11.6 Å². The fourth-order valence-corrected chi connectivity index (χ4v) is 2.42. The van der Waals surface area contributed by atoms with Gasteiger partial charge >= 0.3 is 6.03 Å². The third-order valence-corrected chi connectivity index (χ3v) is 3.90. The summed E-state index contributed by atoms with van der Waals surface area (Å²) in [6.07, 6.45) is 0. The molecule has 0 aromatic heterocycles. The predicted molar refractivity (Wildman–Crippen MR) is 95.9 cm³/mol. The lowest BCUT2D eigenvalue weighted by atomic mass is 10.1. The van der Waals surface area contributed by atoms with Crippen LogP contribution in [0.15, 0.2) is 36.4 Å². The number of benzene rings is 2. The molecule has 2 aromatic rings. The summed E-state index contributed by atoms with van der Waals surface area (Å²) < 4.78 is 26.2. The van der Waals surface area contributed by atoms with Crippen molar-refractivity contribution in [1.29, 1.82) is 0 Å². The minimum Gasteiger partial charge on any atom is -0.307 e. The molecule has 0 unspecified atom stereocenters. The molecule has 0 radical (unpaired) electrons. The number of amides is 3. The summed E-state index contributed by atoms with van der Waals surface area (Å²) in [5.41, 5.74) is 3.07. The monoisotopic (exact) mass is 361 g/mol. The maximum atomic E-state index is 13.2. The summed E-state index contributed by atoms with van der Waals surface area (Å²) in [6, 6.07) is 8.04. The molecule has 0 aliphatic heterocycles. The van der Waals surface area contributed by atoms with E-state index >= 15 is 0 Å². The van der Waals surface area contributed by atoms with Crippen LogP contribution in [-0.2, 0) is 4.79 Å². The summed E-state index contributed by atoms with van der Waals surface area (Å²) in [5.74, 6) is -2.42. The molecule has 1 atom stereocenters. The van der Waals surface area contributed by atoms with Crippen molar-refractivity contribution >= 4 is 17.6 Å². The van der Waals surface area contributed by atoms with E-state index < -0.39 is 29.6 Å². The summed E-state index contributed by atoms with van der Waals surface area (Å²) in [4.78, 5) is 23.8. The van der Waals surface area contributed by atoms with Gasteiger partial charge in [-0.25, -0.2) is 13.6 Å². The number of imide groups is 1. The second-order valence-corrected chi connectivity index (χ2v) is 6.10. The Morgan fingerprint density at radius 1 is 1.04 bits per heavy atom. The van der Waals surface area contributed by atoms with Crippen molar-refractivity contribution in [3.05, 3.63) is 64.7 Å². The molecular weight excluding hydrogens is 340 g/mol. The number of carbonyl (C=O) groups excluding carboxylic acids is 2. The lowest BCUT2D eigenvalue weighted by molar-refractivity contribution is -0.119. The number of hydrogen-bond donors (Lipinski definition) is 3. The van der Waals surface area contributed by atoms with Gasteiger partial charge < -0.3 is 10.6 Å². The maximum Gasteiger partial charge on any atom is 0.325 e. The van der Waals surface area contributed by atoms with Crippen molar-refractivity contribution in [3.8, 4) is 0 Å². The molecule has 0 aliphatic rings.